The largest absolute Gasteiger partial charge is 0.488 e. The first-order valence-corrected chi connectivity index (χ1v) is 13.7. The lowest BCUT2D eigenvalue weighted by Gasteiger charge is -2.11. The molecule has 35 heavy (non-hydrogen) atoms. The number of rotatable bonds is 12. The molecule has 11 heteroatoms. The Balaban J connectivity index is 1.91. The van der Waals surface area contributed by atoms with Gasteiger partial charge in [0.15, 0.2) is 11.5 Å². The van der Waals surface area contributed by atoms with Gasteiger partial charge in [-0.05, 0) is 49.6 Å². The van der Waals surface area contributed by atoms with Crippen molar-refractivity contribution in [3.8, 4) is 11.5 Å². The van der Waals surface area contributed by atoms with Crippen LogP contribution in [0.1, 0.15) is 69.6 Å². The van der Waals surface area contributed by atoms with Crippen LogP contribution < -0.4 is 20.3 Å². The quantitative estimate of drug-likeness (QED) is 0.229. The zero-order valence-corrected chi connectivity index (χ0v) is 22.5. The van der Waals surface area contributed by atoms with E-state index in [1.807, 2.05) is 62.7 Å². The SMILES string of the molecule is CCCOc1c(C(=O)N/N=C(/C)c2cccs2)sc(C(=O)N/N=C(\C)c2cccs2)c1OCCC. The Labute approximate surface area is 216 Å². The molecule has 0 unspecified atom stereocenters. The van der Waals surface area contributed by atoms with Crippen molar-refractivity contribution in [2.75, 3.05) is 13.2 Å². The van der Waals surface area contributed by atoms with Crippen LogP contribution in [0.2, 0.25) is 0 Å². The summed E-state index contributed by atoms with van der Waals surface area (Å²) in [7, 11) is 0. The van der Waals surface area contributed by atoms with Gasteiger partial charge in [0, 0.05) is 9.75 Å². The molecule has 0 fully saturated rings. The molecule has 0 aliphatic heterocycles. The molecule has 3 rings (SSSR count). The van der Waals surface area contributed by atoms with Crippen molar-refractivity contribution in [1.82, 2.24) is 10.9 Å². The predicted molar refractivity (Wildman–Crippen MR) is 144 cm³/mol. The van der Waals surface area contributed by atoms with E-state index in [-0.39, 0.29) is 21.3 Å². The molecule has 3 heterocycles. The number of nitrogens with zero attached hydrogens (tertiary/aromatic N) is 2. The number of carbonyl (C=O) groups excluding carboxylic acids is 2. The Morgan fingerprint density at radius 2 is 1.23 bits per heavy atom. The first kappa shape index (κ1) is 26.6. The number of hydrogen-bond donors (Lipinski definition) is 2. The number of hydrogen-bond acceptors (Lipinski definition) is 9. The summed E-state index contributed by atoms with van der Waals surface area (Å²) in [6.07, 6.45) is 1.46. The third kappa shape index (κ3) is 7.00. The van der Waals surface area contributed by atoms with E-state index in [4.69, 9.17) is 9.47 Å². The summed E-state index contributed by atoms with van der Waals surface area (Å²) in [6.45, 7) is 8.29. The first-order chi connectivity index (χ1) is 17.0. The third-order valence-corrected chi connectivity index (χ3v) is 7.65. The van der Waals surface area contributed by atoms with Crippen LogP contribution in [-0.4, -0.2) is 36.5 Å². The summed E-state index contributed by atoms with van der Waals surface area (Å²) >= 11 is 4.05. The van der Waals surface area contributed by atoms with E-state index in [1.54, 1.807) is 0 Å². The maximum Gasteiger partial charge on any atom is 0.285 e. The Morgan fingerprint density at radius 1 is 0.800 bits per heavy atom. The lowest BCUT2D eigenvalue weighted by Crippen LogP contribution is -2.19. The van der Waals surface area contributed by atoms with Crippen molar-refractivity contribution in [2.45, 2.75) is 40.5 Å². The zero-order chi connectivity index (χ0) is 25.2. The van der Waals surface area contributed by atoms with Crippen LogP contribution in [0.3, 0.4) is 0 Å². The molecular formula is C24H28N4O4S3. The van der Waals surface area contributed by atoms with E-state index < -0.39 is 11.8 Å². The highest BCUT2D eigenvalue weighted by atomic mass is 32.1. The van der Waals surface area contributed by atoms with E-state index in [1.165, 1.54) is 22.7 Å². The molecule has 3 aromatic rings. The standard InChI is InChI=1S/C24H28N4O4S3/c1-5-11-31-19-20(32-12-6-2)22(24(30)28-26-16(4)18-10-8-14-34-18)35-21(19)23(29)27-25-15(3)17-9-7-13-33-17/h7-10,13-14H,5-6,11-12H2,1-4H3,(H,27,29)(H,28,30)/b25-15-,26-16+. The Bertz CT molecular complexity index is 1090. The van der Waals surface area contributed by atoms with E-state index in [2.05, 4.69) is 21.1 Å². The van der Waals surface area contributed by atoms with Crippen molar-refractivity contribution >= 4 is 57.2 Å². The van der Waals surface area contributed by atoms with Gasteiger partial charge in [-0.1, -0.05) is 26.0 Å². The van der Waals surface area contributed by atoms with Crippen molar-refractivity contribution in [1.29, 1.82) is 0 Å². The molecule has 0 aliphatic rings. The summed E-state index contributed by atoms with van der Waals surface area (Å²) in [4.78, 5) is 28.5. The molecule has 3 aromatic heterocycles. The van der Waals surface area contributed by atoms with Gasteiger partial charge in [-0.3, -0.25) is 9.59 Å². The molecular weight excluding hydrogens is 504 g/mol. The predicted octanol–water partition coefficient (Wildman–Crippen LogP) is 5.76. The molecule has 0 bridgehead atoms. The van der Waals surface area contributed by atoms with Gasteiger partial charge in [0.2, 0.25) is 0 Å². The normalized spacial score (nSPS) is 11.9. The lowest BCUT2D eigenvalue weighted by molar-refractivity contribution is 0.0945. The second-order valence-corrected chi connectivity index (χ2v) is 10.3. The Kier molecular flexibility index (Phi) is 10.0. The first-order valence-electron chi connectivity index (χ1n) is 11.2. The van der Waals surface area contributed by atoms with Gasteiger partial charge in [0.05, 0.1) is 24.6 Å². The lowest BCUT2D eigenvalue weighted by atomic mass is 10.3. The maximum absolute atomic E-state index is 13.1. The van der Waals surface area contributed by atoms with Crippen LogP contribution in [0.4, 0.5) is 0 Å². The average Bonchev–Trinajstić information content (AvgIpc) is 3.64. The number of ether oxygens (including phenoxy) is 2. The van der Waals surface area contributed by atoms with Crippen molar-refractivity contribution in [2.24, 2.45) is 10.2 Å². The Hall–Kier alpha value is -3.02. The van der Waals surface area contributed by atoms with E-state index in [9.17, 15) is 9.59 Å². The van der Waals surface area contributed by atoms with Gasteiger partial charge in [0.25, 0.3) is 11.8 Å². The maximum atomic E-state index is 13.1. The van der Waals surface area contributed by atoms with Crippen LogP contribution >= 0.6 is 34.0 Å². The highest BCUT2D eigenvalue weighted by Gasteiger charge is 2.29. The summed E-state index contributed by atoms with van der Waals surface area (Å²) < 4.78 is 11.8. The molecule has 8 nitrogen and oxygen atoms in total. The van der Waals surface area contributed by atoms with Gasteiger partial charge >= 0.3 is 0 Å². The molecule has 0 aromatic carbocycles. The van der Waals surface area contributed by atoms with Gasteiger partial charge < -0.3 is 9.47 Å². The average molecular weight is 533 g/mol. The van der Waals surface area contributed by atoms with Gasteiger partial charge in [0.1, 0.15) is 9.75 Å². The zero-order valence-electron chi connectivity index (χ0n) is 20.0. The second kappa shape index (κ2) is 13.2. The molecule has 2 amide bonds. The second-order valence-electron chi connectivity index (χ2n) is 7.35. The minimum Gasteiger partial charge on any atom is -0.488 e. The van der Waals surface area contributed by atoms with Gasteiger partial charge in [-0.15, -0.1) is 34.0 Å². The molecule has 2 N–H and O–H groups in total. The van der Waals surface area contributed by atoms with Crippen LogP contribution in [0.5, 0.6) is 11.5 Å². The smallest absolute Gasteiger partial charge is 0.285 e. The third-order valence-electron chi connectivity index (χ3n) is 4.54. The van der Waals surface area contributed by atoms with E-state index in [0.717, 1.165) is 33.9 Å². The van der Waals surface area contributed by atoms with Crippen LogP contribution in [0, 0.1) is 0 Å². The molecule has 186 valence electrons. The Morgan fingerprint density at radius 3 is 1.57 bits per heavy atom. The monoisotopic (exact) mass is 532 g/mol. The summed E-state index contributed by atoms with van der Waals surface area (Å²) in [5, 5.41) is 12.3. The topological polar surface area (TPSA) is 101 Å². The molecule has 0 saturated carbocycles. The van der Waals surface area contributed by atoms with Crippen LogP contribution in [0.25, 0.3) is 0 Å². The highest BCUT2D eigenvalue weighted by Crippen LogP contribution is 2.43. The van der Waals surface area contributed by atoms with Gasteiger partial charge in [-0.2, -0.15) is 10.2 Å². The fourth-order valence-electron chi connectivity index (χ4n) is 2.82. The molecule has 0 spiro atoms. The van der Waals surface area contributed by atoms with Crippen molar-refractivity contribution < 1.29 is 19.1 Å². The number of thiophene rings is 3. The summed E-state index contributed by atoms with van der Waals surface area (Å²) in [5.74, 6) is -0.460. The van der Waals surface area contributed by atoms with E-state index in [0.29, 0.717) is 24.6 Å². The number of nitrogens with one attached hydrogen (secondary N) is 2. The minimum absolute atomic E-state index is 0.219. The van der Waals surface area contributed by atoms with Crippen molar-refractivity contribution in [3.05, 3.63) is 54.5 Å². The van der Waals surface area contributed by atoms with E-state index >= 15 is 0 Å². The van der Waals surface area contributed by atoms with Crippen LogP contribution in [-0.2, 0) is 0 Å². The summed E-state index contributed by atoms with van der Waals surface area (Å²) in [5.41, 5.74) is 6.52. The van der Waals surface area contributed by atoms with Crippen LogP contribution in [0.15, 0.2) is 45.2 Å². The molecule has 0 atom stereocenters. The fourth-order valence-corrected chi connectivity index (χ4v) is 5.14. The molecule has 0 radical (unpaired) electrons. The highest BCUT2D eigenvalue weighted by molar-refractivity contribution is 7.16. The number of hydrazone groups is 2. The minimum atomic E-state index is -0.476. The summed E-state index contributed by atoms with van der Waals surface area (Å²) in [6, 6.07) is 7.69. The molecule has 0 aliphatic carbocycles. The van der Waals surface area contributed by atoms with Crippen molar-refractivity contribution in [3.63, 3.8) is 0 Å². The number of amides is 2. The fraction of sp³-hybridized carbons (Fsp3) is 0.333. The molecule has 0 saturated heterocycles. The van der Waals surface area contributed by atoms with Gasteiger partial charge in [-0.25, -0.2) is 10.9 Å². The number of carbonyl (C=O) groups is 2.